The Labute approximate surface area is 106 Å². The minimum absolute atomic E-state index is 0.218. The molecule has 5 heteroatoms. The van der Waals surface area contributed by atoms with E-state index < -0.39 is 0 Å². The summed E-state index contributed by atoms with van der Waals surface area (Å²) in [5.74, 6) is 0.694. The summed E-state index contributed by atoms with van der Waals surface area (Å²) >= 11 is 0. The van der Waals surface area contributed by atoms with Gasteiger partial charge in [0.25, 0.3) is 0 Å². The third kappa shape index (κ3) is 2.22. The Morgan fingerprint density at radius 1 is 1.50 bits per heavy atom. The maximum Gasteiger partial charge on any atom is 0.221 e. The molecule has 1 atom stereocenters. The van der Waals surface area contributed by atoms with Gasteiger partial charge in [-0.3, -0.25) is 4.68 Å². The normalized spacial score (nSPS) is 19.1. The Kier molecular flexibility index (Phi) is 2.98. The zero-order valence-corrected chi connectivity index (χ0v) is 10.3. The van der Waals surface area contributed by atoms with Gasteiger partial charge in [-0.1, -0.05) is 0 Å². The van der Waals surface area contributed by atoms with Gasteiger partial charge >= 0.3 is 0 Å². The van der Waals surface area contributed by atoms with E-state index in [2.05, 4.69) is 15.4 Å². The summed E-state index contributed by atoms with van der Waals surface area (Å²) in [6.07, 6.45) is 6.81. The number of nitrogens with one attached hydrogen (secondary N) is 1. The molecule has 2 aromatic heterocycles. The summed E-state index contributed by atoms with van der Waals surface area (Å²) in [6, 6.07) is 3.93. The largest absolute Gasteiger partial charge is 0.473 e. The molecule has 18 heavy (non-hydrogen) atoms. The summed E-state index contributed by atoms with van der Waals surface area (Å²) < 4.78 is 7.74. The number of aromatic nitrogens is 3. The fourth-order valence-corrected chi connectivity index (χ4v) is 2.15. The van der Waals surface area contributed by atoms with Gasteiger partial charge in [0.1, 0.15) is 6.10 Å². The highest BCUT2D eigenvalue weighted by molar-refractivity contribution is 5.66. The Hall–Kier alpha value is -1.88. The molecule has 94 valence electrons. The number of hydrogen-bond acceptors (Lipinski definition) is 4. The average Bonchev–Trinajstić information content (AvgIpc) is 3.02. The second-order valence-corrected chi connectivity index (χ2v) is 4.49. The van der Waals surface area contributed by atoms with Gasteiger partial charge in [-0.2, -0.15) is 5.10 Å². The van der Waals surface area contributed by atoms with E-state index in [9.17, 15) is 0 Å². The minimum Gasteiger partial charge on any atom is -0.473 e. The van der Waals surface area contributed by atoms with Crippen LogP contribution in [0.4, 0.5) is 0 Å². The molecule has 1 fully saturated rings. The average molecular weight is 244 g/mol. The zero-order chi connectivity index (χ0) is 12.4. The standard InChI is InChI=1S/C13H16N4O/c1-17-9-10(7-16-17)12-3-2-5-15-13(12)18-11-4-6-14-8-11/h2-3,5,7,9,11,14H,4,6,8H2,1H3. The molecule has 0 radical (unpaired) electrons. The minimum atomic E-state index is 0.218. The van der Waals surface area contributed by atoms with Crippen LogP contribution in [0.15, 0.2) is 30.7 Å². The van der Waals surface area contributed by atoms with Crippen molar-refractivity contribution in [3.63, 3.8) is 0 Å². The lowest BCUT2D eigenvalue weighted by molar-refractivity contribution is 0.215. The lowest BCUT2D eigenvalue weighted by atomic mass is 10.1. The molecule has 3 rings (SSSR count). The van der Waals surface area contributed by atoms with Gasteiger partial charge in [-0.05, 0) is 25.1 Å². The van der Waals surface area contributed by atoms with E-state index in [0.29, 0.717) is 5.88 Å². The molecule has 1 saturated heterocycles. The molecule has 0 spiro atoms. The summed E-state index contributed by atoms with van der Waals surface area (Å²) in [4.78, 5) is 4.34. The van der Waals surface area contributed by atoms with Gasteiger partial charge in [-0.15, -0.1) is 0 Å². The van der Waals surface area contributed by atoms with E-state index in [4.69, 9.17) is 4.74 Å². The van der Waals surface area contributed by atoms with Crippen LogP contribution in [0.2, 0.25) is 0 Å². The molecule has 1 aliphatic rings. The van der Waals surface area contributed by atoms with Crippen LogP contribution < -0.4 is 10.1 Å². The van der Waals surface area contributed by atoms with E-state index in [1.807, 2.05) is 31.6 Å². The predicted octanol–water partition coefficient (Wildman–Crippen LogP) is 1.22. The SMILES string of the molecule is Cn1cc(-c2cccnc2OC2CCNC2)cn1. The van der Waals surface area contributed by atoms with Crippen LogP contribution >= 0.6 is 0 Å². The molecular formula is C13H16N4O. The first-order valence-corrected chi connectivity index (χ1v) is 6.14. The van der Waals surface area contributed by atoms with Crippen LogP contribution in [0.5, 0.6) is 5.88 Å². The smallest absolute Gasteiger partial charge is 0.221 e. The summed E-state index contributed by atoms with van der Waals surface area (Å²) in [5.41, 5.74) is 2.03. The molecule has 0 bridgehead atoms. The molecule has 0 aliphatic carbocycles. The van der Waals surface area contributed by atoms with Crippen molar-refractivity contribution < 1.29 is 4.74 Å². The van der Waals surface area contributed by atoms with Crippen molar-refractivity contribution in [3.05, 3.63) is 30.7 Å². The Bertz CT molecular complexity index is 531. The van der Waals surface area contributed by atoms with Crippen molar-refractivity contribution in [1.29, 1.82) is 0 Å². The Morgan fingerprint density at radius 2 is 2.44 bits per heavy atom. The lowest BCUT2D eigenvalue weighted by Crippen LogP contribution is -2.20. The molecule has 0 amide bonds. The monoisotopic (exact) mass is 244 g/mol. The van der Waals surface area contributed by atoms with Gasteiger partial charge in [0.05, 0.1) is 6.20 Å². The van der Waals surface area contributed by atoms with Crippen molar-refractivity contribution in [3.8, 4) is 17.0 Å². The molecule has 1 unspecified atom stereocenters. The highest BCUT2D eigenvalue weighted by atomic mass is 16.5. The van der Waals surface area contributed by atoms with Gasteiger partial charge in [-0.25, -0.2) is 4.98 Å². The van der Waals surface area contributed by atoms with Crippen LogP contribution in [-0.4, -0.2) is 34.0 Å². The topological polar surface area (TPSA) is 52.0 Å². The highest BCUT2D eigenvalue weighted by Gasteiger charge is 2.18. The highest BCUT2D eigenvalue weighted by Crippen LogP contribution is 2.28. The molecule has 0 saturated carbocycles. The van der Waals surface area contributed by atoms with E-state index in [-0.39, 0.29) is 6.10 Å². The lowest BCUT2D eigenvalue weighted by Gasteiger charge is -2.13. The van der Waals surface area contributed by atoms with Crippen molar-refractivity contribution in [2.45, 2.75) is 12.5 Å². The third-order valence-electron chi connectivity index (χ3n) is 3.08. The van der Waals surface area contributed by atoms with Crippen molar-refractivity contribution >= 4 is 0 Å². The van der Waals surface area contributed by atoms with E-state index in [0.717, 1.165) is 30.6 Å². The van der Waals surface area contributed by atoms with Gasteiger partial charge < -0.3 is 10.1 Å². The maximum absolute atomic E-state index is 5.96. The van der Waals surface area contributed by atoms with Crippen molar-refractivity contribution in [2.24, 2.45) is 7.05 Å². The van der Waals surface area contributed by atoms with Crippen LogP contribution in [0.3, 0.4) is 0 Å². The molecule has 1 aliphatic heterocycles. The second kappa shape index (κ2) is 4.78. The summed E-state index contributed by atoms with van der Waals surface area (Å²) in [5, 5.41) is 7.47. The van der Waals surface area contributed by atoms with Crippen LogP contribution in [0, 0.1) is 0 Å². The van der Waals surface area contributed by atoms with Crippen LogP contribution in [0.1, 0.15) is 6.42 Å². The van der Waals surface area contributed by atoms with Crippen LogP contribution in [0.25, 0.3) is 11.1 Å². The quantitative estimate of drug-likeness (QED) is 0.882. The van der Waals surface area contributed by atoms with Gasteiger partial charge in [0, 0.05) is 37.1 Å². The number of nitrogens with zero attached hydrogens (tertiary/aromatic N) is 3. The van der Waals surface area contributed by atoms with Crippen molar-refractivity contribution in [2.75, 3.05) is 13.1 Å². The molecule has 3 heterocycles. The number of aryl methyl sites for hydroxylation is 1. The second-order valence-electron chi connectivity index (χ2n) is 4.49. The molecule has 0 aromatic carbocycles. The van der Waals surface area contributed by atoms with E-state index in [1.165, 1.54) is 0 Å². The molecule has 2 aromatic rings. The molecule has 5 nitrogen and oxygen atoms in total. The van der Waals surface area contributed by atoms with E-state index in [1.54, 1.807) is 10.9 Å². The summed E-state index contributed by atoms with van der Waals surface area (Å²) in [6.45, 7) is 1.91. The van der Waals surface area contributed by atoms with Gasteiger partial charge in [0.15, 0.2) is 0 Å². The Morgan fingerprint density at radius 3 is 3.17 bits per heavy atom. The zero-order valence-electron chi connectivity index (χ0n) is 10.3. The Balaban J connectivity index is 1.89. The molecular weight excluding hydrogens is 228 g/mol. The fraction of sp³-hybridized carbons (Fsp3) is 0.385. The first-order chi connectivity index (χ1) is 8.83. The predicted molar refractivity (Wildman–Crippen MR) is 68.3 cm³/mol. The first-order valence-electron chi connectivity index (χ1n) is 6.14. The fourth-order valence-electron chi connectivity index (χ4n) is 2.15. The first kappa shape index (κ1) is 11.2. The number of pyridine rings is 1. The maximum atomic E-state index is 5.96. The van der Waals surface area contributed by atoms with Crippen molar-refractivity contribution in [1.82, 2.24) is 20.1 Å². The van der Waals surface area contributed by atoms with Gasteiger partial charge in [0.2, 0.25) is 5.88 Å². The summed E-state index contributed by atoms with van der Waals surface area (Å²) in [7, 11) is 1.90. The van der Waals surface area contributed by atoms with Crippen LogP contribution in [-0.2, 0) is 7.05 Å². The van der Waals surface area contributed by atoms with E-state index >= 15 is 0 Å². The number of hydrogen-bond donors (Lipinski definition) is 1. The number of ether oxygens (including phenoxy) is 1. The number of rotatable bonds is 3. The third-order valence-corrected chi connectivity index (χ3v) is 3.08. The molecule has 1 N–H and O–H groups in total.